The number of benzene rings is 1. The van der Waals surface area contributed by atoms with Gasteiger partial charge in [0.1, 0.15) is 0 Å². The molecule has 134 valence electrons. The maximum Gasteiger partial charge on any atom is 0.251 e. The van der Waals surface area contributed by atoms with E-state index in [4.69, 9.17) is 4.74 Å². The van der Waals surface area contributed by atoms with E-state index in [1.165, 1.54) is 18.4 Å². The van der Waals surface area contributed by atoms with Gasteiger partial charge >= 0.3 is 0 Å². The summed E-state index contributed by atoms with van der Waals surface area (Å²) in [6, 6.07) is 8.10. The highest BCUT2D eigenvalue weighted by Crippen LogP contribution is 2.40. The lowest BCUT2D eigenvalue weighted by atomic mass is 9.69. The normalized spacial score (nSPS) is 21.6. The molecule has 1 aliphatic carbocycles. The number of halogens is 1. The average molecular weight is 353 g/mol. The van der Waals surface area contributed by atoms with Gasteiger partial charge in [-0.25, -0.2) is 0 Å². The van der Waals surface area contributed by atoms with Crippen LogP contribution in [0.2, 0.25) is 0 Å². The second-order valence-electron chi connectivity index (χ2n) is 7.23. The smallest absolute Gasteiger partial charge is 0.251 e. The molecular weight excluding hydrogens is 324 g/mol. The van der Waals surface area contributed by atoms with E-state index in [1.54, 1.807) is 7.11 Å². The van der Waals surface area contributed by atoms with E-state index < -0.39 is 0 Å². The number of carbonyl (C=O) groups excluding carboxylic acids is 1. The van der Waals surface area contributed by atoms with Crippen molar-refractivity contribution in [1.29, 1.82) is 0 Å². The first-order chi connectivity index (χ1) is 11.2. The van der Waals surface area contributed by atoms with Gasteiger partial charge in [-0.1, -0.05) is 18.6 Å². The number of carbonyl (C=O) groups is 1. The Kier molecular flexibility index (Phi) is 7.08. The van der Waals surface area contributed by atoms with E-state index >= 15 is 0 Å². The van der Waals surface area contributed by atoms with Crippen LogP contribution in [0.4, 0.5) is 0 Å². The van der Waals surface area contributed by atoms with Crippen molar-refractivity contribution >= 4 is 18.3 Å². The number of methoxy groups -OCH3 is 1. The molecule has 1 saturated heterocycles. The van der Waals surface area contributed by atoms with Gasteiger partial charge in [0.25, 0.3) is 5.91 Å². The van der Waals surface area contributed by atoms with Crippen LogP contribution in [-0.2, 0) is 11.2 Å². The highest BCUT2D eigenvalue weighted by atomic mass is 35.5. The van der Waals surface area contributed by atoms with Crippen molar-refractivity contribution in [2.24, 2.45) is 11.3 Å². The highest BCUT2D eigenvalue weighted by Gasteiger charge is 2.37. The maximum atomic E-state index is 12.5. The molecule has 1 atom stereocenters. The topological polar surface area (TPSA) is 50.4 Å². The molecule has 1 aromatic rings. The molecular formula is C19H29ClN2O2. The van der Waals surface area contributed by atoms with Crippen molar-refractivity contribution in [2.45, 2.75) is 32.1 Å². The quantitative estimate of drug-likeness (QED) is 0.793. The third-order valence-corrected chi connectivity index (χ3v) is 5.36. The Labute approximate surface area is 151 Å². The SMILES string of the molecule is COCC1(CNC(=O)c2cccc(CC3CCNC3)c2)CCC1.Cl. The molecule has 0 spiro atoms. The van der Waals surface area contributed by atoms with Crippen LogP contribution in [0.1, 0.15) is 41.6 Å². The molecule has 1 unspecified atom stereocenters. The van der Waals surface area contributed by atoms with E-state index in [0.717, 1.165) is 51.1 Å². The van der Waals surface area contributed by atoms with E-state index in [9.17, 15) is 4.79 Å². The summed E-state index contributed by atoms with van der Waals surface area (Å²) < 4.78 is 5.32. The largest absolute Gasteiger partial charge is 0.384 e. The van der Waals surface area contributed by atoms with Gasteiger partial charge in [0.05, 0.1) is 6.61 Å². The van der Waals surface area contributed by atoms with Gasteiger partial charge in [-0.15, -0.1) is 12.4 Å². The molecule has 1 saturated carbocycles. The number of ether oxygens (including phenoxy) is 1. The molecule has 2 N–H and O–H groups in total. The van der Waals surface area contributed by atoms with Gasteiger partial charge in [-0.3, -0.25) is 4.79 Å². The van der Waals surface area contributed by atoms with Crippen LogP contribution in [0.3, 0.4) is 0 Å². The molecule has 1 aliphatic heterocycles. The van der Waals surface area contributed by atoms with Gasteiger partial charge < -0.3 is 15.4 Å². The van der Waals surface area contributed by atoms with Crippen LogP contribution in [0.5, 0.6) is 0 Å². The molecule has 0 bridgehead atoms. The van der Waals surface area contributed by atoms with Crippen molar-refractivity contribution in [3.05, 3.63) is 35.4 Å². The molecule has 1 aromatic carbocycles. The van der Waals surface area contributed by atoms with Crippen LogP contribution in [0, 0.1) is 11.3 Å². The fourth-order valence-corrected chi connectivity index (χ4v) is 3.79. The molecule has 1 heterocycles. The fraction of sp³-hybridized carbons (Fsp3) is 0.632. The summed E-state index contributed by atoms with van der Waals surface area (Å²) in [6.07, 6.45) is 5.83. The summed E-state index contributed by atoms with van der Waals surface area (Å²) in [5, 5.41) is 6.52. The zero-order valence-corrected chi connectivity index (χ0v) is 15.3. The third-order valence-electron chi connectivity index (χ3n) is 5.36. The van der Waals surface area contributed by atoms with Crippen LogP contribution in [0.25, 0.3) is 0 Å². The van der Waals surface area contributed by atoms with E-state index in [0.29, 0.717) is 5.92 Å². The molecule has 5 heteroatoms. The fourth-order valence-electron chi connectivity index (χ4n) is 3.79. The van der Waals surface area contributed by atoms with Gasteiger partial charge in [0, 0.05) is 24.6 Å². The van der Waals surface area contributed by atoms with Crippen LogP contribution >= 0.6 is 12.4 Å². The standard InChI is InChI=1S/C19H28N2O2.ClH/c1-23-14-19(7-3-8-19)13-21-18(22)17-5-2-4-15(11-17)10-16-6-9-20-12-16;/h2,4-5,11,16,20H,3,6-10,12-14H2,1H3,(H,21,22);1H. The Hall–Kier alpha value is -1.10. The number of rotatable bonds is 7. The summed E-state index contributed by atoms with van der Waals surface area (Å²) >= 11 is 0. The summed E-state index contributed by atoms with van der Waals surface area (Å²) in [7, 11) is 1.74. The molecule has 0 radical (unpaired) electrons. The van der Waals surface area contributed by atoms with E-state index in [1.807, 2.05) is 12.1 Å². The van der Waals surface area contributed by atoms with Crippen LogP contribution < -0.4 is 10.6 Å². The Balaban J connectivity index is 0.00000208. The van der Waals surface area contributed by atoms with Crippen molar-refractivity contribution in [3.8, 4) is 0 Å². The maximum absolute atomic E-state index is 12.5. The van der Waals surface area contributed by atoms with Crippen molar-refractivity contribution in [3.63, 3.8) is 0 Å². The van der Waals surface area contributed by atoms with Crippen molar-refractivity contribution in [1.82, 2.24) is 10.6 Å². The number of hydrogen-bond donors (Lipinski definition) is 2. The lowest BCUT2D eigenvalue weighted by molar-refractivity contribution is 0.0180. The Bertz CT molecular complexity index is 540. The molecule has 2 fully saturated rings. The monoisotopic (exact) mass is 352 g/mol. The van der Waals surface area contributed by atoms with Crippen LogP contribution in [-0.4, -0.2) is 39.3 Å². The minimum atomic E-state index is 0. The Morgan fingerprint density at radius 1 is 1.42 bits per heavy atom. The molecule has 4 nitrogen and oxygen atoms in total. The van der Waals surface area contributed by atoms with Crippen molar-refractivity contribution < 1.29 is 9.53 Å². The Morgan fingerprint density at radius 2 is 2.25 bits per heavy atom. The zero-order chi connectivity index (χ0) is 16.1. The first-order valence-corrected chi connectivity index (χ1v) is 8.78. The van der Waals surface area contributed by atoms with E-state index in [2.05, 4.69) is 22.8 Å². The molecule has 24 heavy (non-hydrogen) atoms. The van der Waals surface area contributed by atoms with Crippen molar-refractivity contribution in [2.75, 3.05) is 33.4 Å². The van der Waals surface area contributed by atoms with E-state index in [-0.39, 0.29) is 23.7 Å². The second-order valence-corrected chi connectivity index (χ2v) is 7.23. The molecule has 3 rings (SSSR count). The Morgan fingerprint density at radius 3 is 2.88 bits per heavy atom. The first-order valence-electron chi connectivity index (χ1n) is 8.78. The molecule has 0 aromatic heterocycles. The lowest BCUT2D eigenvalue weighted by Crippen LogP contribution is -2.45. The van der Waals surface area contributed by atoms with Crippen LogP contribution in [0.15, 0.2) is 24.3 Å². The lowest BCUT2D eigenvalue weighted by Gasteiger charge is -2.41. The molecule has 2 aliphatic rings. The summed E-state index contributed by atoms with van der Waals surface area (Å²) in [6.45, 7) is 3.67. The van der Waals surface area contributed by atoms with Gasteiger partial charge in [-0.05, 0) is 62.4 Å². The third kappa shape index (κ3) is 4.71. The average Bonchev–Trinajstić information content (AvgIpc) is 3.02. The number of amides is 1. The highest BCUT2D eigenvalue weighted by molar-refractivity contribution is 5.94. The summed E-state index contributed by atoms with van der Waals surface area (Å²) in [4.78, 5) is 12.5. The molecule has 1 amide bonds. The predicted molar refractivity (Wildman–Crippen MR) is 98.9 cm³/mol. The zero-order valence-electron chi connectivity index (χ0n) is 14.5. The second kappa shape index (κ2) is 8.84. The van der Waals surface area contributed by atoms with Gasteiger partial charge in [0.2, 0.25) is 0 Å². The minimum Gasteiger partial charge on any atom is -0.384 e. The first kappa shape index (κ1) is 19.2. The minimum absolute atomic E-state index is 0. The predicted octanol–water partition coefficient (Wildman–Crippen LogP) is 2.81. The number of hydrogen-bond acceptors (Lipinski definition) is 3. The number of nitrogens with one attached hydrogen (secondary N) is 2. The summed E-state index contributed by atoms with van der Waals surface area (Å²) in [5.41, 5.74) is 2.21. The van der Waals surface area contributed by atoms with Gasteiger partial charge in [0.15, 0.2) is 0 Å². The van der Waals surface area contributed by atoms with Gasteiger partial charge in [-0.2, -0.15) is 0 Å². The summed E-state index contributed by atoms with van der Waals surface area (Å²) in [5.74, 6) is 0.743.